The van der Waals surface area contributed by atoms with Crippen LogP contribution in [0, 0.1) is 5.82 Å². The topological polar surface area (TPSA) is 52.7 Å². The molecule has 1 heterocycles. The summed E-state index contributed by atoms with van der Waals surface area (Å²) in [6.45, 7) is 1.87. The first-order chi connectivity index (χ1) is 12.5. The van der Waals surface area contributed by atoms with E-state index in [0.29, 0.717) is 36.9 Å². The molecule has 0 radical (unpaired) electrons. The first kappa shape index (κ1) is 18.2. The van der Waals surface area contributed by atoms with Gasteiger partial charge in [-0.15, -0.1) is 0 Å². The lowest BCUT2D eigenvalue weighted by atomic mass is 10.1. The van der Waals surface area contributed by atoms with Crippen LogP contribution in [0.1, 0.15) is 5.56 Å². The van der Waals surface area contributed by atoms with Crippen molar-refractivity contribution >= 4 is 29.2 Å². The predicted octanol–water partition coefficient (Wildman–Crippen LogP) is 3.40. The molecule has 0 aromatic heterocycles. The highest BCUT2D eigenvalue weighted by Crippen LogP contribution is 2.16. The molecule has 0 saturated carbocycles. The second-order valence-electron chi connectivity index (χ2n) is 6.11. The number of piperazine rings is 1. The first-order valence-electron chi connectivity index (χ1n) is 8.35. The monoisotopic (exact) mass is 375 g/mol. The molecule has 0 spiro atoms. The van der Waals surface area contributed by atoms with Gasteiger partial charge in [0.2, 0.25) is 5.91 Å². The van der Waals surface area contributed by atoms with Gasteiger partial charge < -0.3 is 15.1 Å². The molecule has 1 N–H and O–H groups in total. The van der Waals surface area contributed by atoms with Gasteiger partial charge in [0.25, 0.3) is 0 Å². The maximum absolute atomic E-state index is 12.9. The molecule has 0 bridgehead atoms. The lowest BCUT2D eigenvalue weighted by molar-refractivity contribution is -0.131. The number of rotatable bonds is 3. The molecule has 3 amide bonds. The van der Waals surface area contributed by atoms with E-state index in [4.69, 9.17) is 11.6 Å². The van der Waals surface area contributed by atoms with Gasteiger partial charge in [0.1, 0.15) is 5.82 Å². The van der Waals surface area contributed by atoms with Crippen LogP contribution in [-0.2, 0) is 11.2 Å². The Morgan fingerprint density at radius 2 is 1.65 bits per heavy atom. The number of hydrogen-bond acceptors (Lipinski definition) is 2. The van der Waals surface area contributed by atoms with Crippen molar-refractivity contribution in [2.75, 3.05) is 31.5 Å². The summed E-state index contributed by atoms with van der Waals surface area (Å²) in [5.41, 5.74) is 1.41. The normalized spacial score (nSPS) is 14.2. The molecule has 2 aromatic carbocycles. The second-order valence-corrected chi connectivity index (χ2v) is 6.55. The largest absolute Gasteiger partial charge is 0.339 e. The smallest absolute Gasteiger partial charge is 0.321 e. The fraction of sp³-hybridized carbons (Fsp3) is 0.263. The molecule has 1 aliphatic heterocycles. The third-order valence-electron chi connectivity index (χ3n) is 4.26. The quantitative estimate of drug-likeness (QED) is 0.894. The van der Waals surface area contributed by atoms with E-state index in [1.807, 2.05) is 0 Å². The Balaban J connectivity index is 1.49. The summed E-state index contributed by atoms with van der Waals surface area (Å²) in [4.78, 5) is 28.1. The van der Waals surface area contributed by atoms with Crippen molar-refractivity contribution in [1.82, 2.24) is 9.80 Å². The molecule has 7 heteroatoms. The number of amides is 3. The van der Waals surface area contributed by atoms with Crippen molar-refractivity contribution in [1.29, 1.82) is 0 Å². The zero-order valence-electron chi connectivity index (χ0n) is 14.1. The summed E-state index contributed by atoms with van der Waals surface area (Å²) in [7, 11) is 0. The predicted molar refractivity (Wildman–Crippen MR) is 98.7 cm³/mol. The second kappa shape index (κ2) is 8.19. The van der Waals surface area contributed by atoms with Crippen molar-refractivity contribution in [2.24, 2.45) is 0 Å². The standard InChI is InChI=1S/C19H19ClFN3O2/c20-15-2-1-3-17(13-15)22-19(26)24-10-8-23(9-11-24)18(25)12-14-4-6-16(21)7-5-14/h1-7,13H,8-12H2,(H,22,26). The van der Waals surface area contributed by atoms with Gasteiger partial charge in [-0.3, -0.25) is 4.79 Å². The molecule has 0 aliphatic carbocycles. The fourth-order valence-corrected chi connectivity index (χ4v) is 3.01. The number of carbonyl (C=O) groups is 2. The van der Waals surface area contributed by atoms with E-state index < -0.39 is 0 Å². The Bertz CT molecular complexity index is 790. The molecular weight excluding hydrogens is 357 g/mol. The molecule has 5 nitrogen and oxygen atoms in total. The summed E-state index contributed by atoms with van der Waals surface area (Å²) in [6.07, 6.45) is 0.231. The van der Waals surface area contributed by atoms with Crippen molar-refractivity contribution in [3.63, 3.8) is 0 Å². The highest BCUT2D eigenvalue weighted by atomic mass is 35.5. The molecule has 1 aliphatic rings. The number of nitrogens with one attached hydrogen (secondary N) is 1. The van der Waals surface area contributed by atoms with Crippen molar-refractivity contribution in [2.45, 2.75) is 6.42 Å². The number of halogens is 2. The first-order valence-corrected chi connectivity index (χ1v) is 8.73. The zero-order chi connectivity index (χ0) is 18.5. The van der Waals surface area contributed by atoms with Crippen LogP contribution < -0.4 is 5.32 Å². The highest BCUT2D eigenvalue weighted by Gasteiger charge is 2.24. The molecule has 1 saturated heterocycles. The van der Waals surface area contributed by atoms with E-state index in [-0.39, 0.29) is 24.2 Å². The van der Waals surface area contributed by atoms with Gasteiger partial charge >= 0.3 is 6.03 Å². The third-order valence-corrected chi connectivity index (χ3v) is 4.50. The van der Waals surface area contributed by atoms with E-state index in [2.05, 4.69) is 5.32 Å². The number of urea groups is 1. The Morgan fingerprint density at radius 3 is 2.31 bits per heavy atom. The number of hydrogen-bond donors (Lipinski definition) is 1. The van der Waals surface area contributed by atoms with Gasteiger partial charge in [-0.05, 0) is 35.9 Å². The SMILES string of the molecule is O=C(Cc1ccc(F)cc1)N1CCN(C(=O)Nc2cccc(Cl)c2)CC1. The van der Waals surface area contributed by atoms with E-state index in [1.54, 1.807) is 46.2 Å². The molecule has 136 valence electrons. The van der Waals surface area contributed by atoms with Gasteiger partial charge in [0.05, 0.1) is 6.42 Å². The average Bonchev–Trinajstić information content (AvgIpc) is 2.64. The van der Waals surface area contributed by atoms with Crippen LogP contribution in [0.3, 0.4) is 0 Å². The molecule has 2 aromatic rings. The summed E-state index contributed by atoms with van der Waals surface area (Å²) in [6, 6.07) is 12.7. The van der Waals surface area contributed by atoms with Crippen molar-refractivity contribution in [3.05, 3.63) is 64.9 Å². The van der Waals surface area contributed by atoms with Crippen molar-refractivity contribution < 1.29 is 14.0 Å². The average molecular weight is 376 g/mol. The number of anilines is 1. The summed E-state index contributed by atoms with van der Waals surface area (Å²) in [5, 5.41) is 3.36. The Labute approximate surface area is 156 Å². The molecular formula is C19H19ClFN3O2. The van der Waals surface area contributed by atoms with E-state index in [1.165, 1.54) is 12.1 Å². The molecule has 3 rings (SSSR count). The Morgan fingerprint density at radius 1 is 1.00 bits per heavy atom. The minimum absolute atomic E-state index is 0.0218. The summed E-state index contributed by atoms with van der Waals surface area (Å²) < 4.78 is 12.9. The minimum atomic E-state index is -0.319. The van der Waals surface area contributed by atoms with Gasteiger partial charge in [-0.2, -0.15) is 0 Å². The van der Waals surface area contributed by atoms with E-state index >= 15 is 0 Å². The highest BCUT2D eigenvalue weighted by molar-refractivity contribution is 6.30. The van der Waals surface area contributed by atoms with Gasteiger partial charge in [0.15, 0.2) is 0 Å². The summed E-state index contributed by atoms with van der Waals surface area (Å²) in [5.74, 6) is -0.341. The maximum atomic E-state index is 12.9. The van der Waals surface area contributed by atoms with Crippen LogP contribution in [0.25, 0.3) is 0 Å². The minimum Gasteiger partial charge on any atom is -0.339 e. The lowest BCUT2D eigenvalue weighted by Gasteiger charge is -2.34. The Hall–Kier alpha value is -2.60. The number of carbonyl (C=O) groups excluding carboxylic acids is 2. The fourth-order valence-electron chi connectivity index (χ4n) is 2.82. The van der Waals surface area contributed by atoms with Crippen LogP contribution in [0.5, 0.6) is 0 Å². The third kappa shape index (κ3) is 4.73. The number of benzene rings is 2. The molecule has 26 heavy (non-hydrogen) atoms. The van der Waals surface area contributed by atoms with Crippen LogP contribution >= 0.6 is 11.6 Å². The van der Waals surface area contributed by atoms with E-state index in [9.17, 15) is 14.0 Å². The van der Waals surface area contributed by atoms with Crippen LogP contribution in [0.2, 0.25) is 5.02 Å². The molecule has 1 fully saturated rings. The van der Waals surface area contributed by atoms with Crippen molar-refractivity contribution in [3.8, 4) is 0 Å². The number of nitrogens with zero attached hydrogens (tertiary/aromatic N) is 2. The van der Waals surface area contributed by atoms with Crippen LogP contribution in [0.15, 0.2) is 48.5 Å². The van der Waals surface area contributed by atoms with Crippen LogP contribution in [-0.4, -0.2) is 47.9 Å². The zero-order valence-corrected chi connectivity index (χ0v) is 14.9. The van der Waals surface area contributed by atoms with Crippen LogP contribution in [0.4, 0.5) is 14.9 Å². The van der Waals surface area contributed by atoms with E-state index in [0.717, 1.165) is 5.56 Å². The maximum Gasteiger partial charge on any atom is 0.321 e. The molecule has 0 atom stereocenters. The van der Waals surface area contributed by atoms with Gasteiger partial charge in [-0.1, -0.05) is 29.8 Å². The Kier molecular flexibility index (Phi) is 5.73. The molecule has 0 unspecified atom stereocenters. The van der Waals surface area contributed by atoms with Gasteiger partial charge in [0, 0.05) is 36.9 Å². The summed E-state index contributed by atoms with van der Waals surface area (Å²) >= 11 is 5.91. The lowest BCUT2D eigenvalue weighted by Crippen LogP contribution is -2.52. The van der Waals surface area contributed by atoms with Gasteiger partial charge in [-0.25, -0.2) is 9.18 Å².